The van der Waals surface area contributed by atoms with Crippen LogP contribution in [0, 0.1) is 0 Å². The molecule has 0 aliphatic heterocycles. The average molecular weight is 743 g/mol. The maximum absolute atomic E-state index is 6.74. The molecule has 0 amide bonds. The van der Waals surface area contributed by atoms with E-state index >= 15 is 0 Å². The molecule has 0 bridgehead atoms. The van der Waals surface area contributed by atoms with Crippen molar-refractivity contribution < 1.29 is 8.83 Å². The largest absolute Gasteiger partial charge is 0.452 e. The van der Waals surface area contributed by atoms with Crippen LogP contribution in [0.2, 0.25) is 0 Å². The Kier molecular flexibility index (Phi) is 6.35. The summed E-state index contributed by atoms with van der Waals surface area (Å²) < 4.78 is 15.8. The van der Waals surface area contributed by atoms with Crippen molar-refractivity contribution in [3.63, 3.8) is 0 Å². The predicted molar refractivity (Wildman–Crippen MR) is 243 cm³/mol. The molecule has 3 heteroatoms. The van der Waals surface area contributed by atoms with Gasteiger partial charge in [-0.1, -0.05) is 140 Å². The molecule has 57 heavy (non-hydrogen) atoms. The van der Waals surface area contributed by atoms with Gasteiger partial charge in [-0.05, 0) is 103 Å². The van der Waals surface area contributed by atoms with Crippen molar-refractivity contribution in [2.75, 3.05) is 0 Å². The van der Waals surface area contributed by atoms with E-state index in [0.29, 0.717) is 0 Å². The number of fused-ring (bicyclic) bond motifs is 14. The first-order valence-corrected chi connectivity index (χ1v) is 20.2. The van der Waals surface area contributed by atoms with Crippen molar-refractivity contribution in [2.45, 2.75) is 0 Å². The van der Waals surface area contributed by atoms with E-state index in [2.05, 4.69) is 170 Å². The van der Waals surface area contributed by atoms with Crippen LogP contribution in [0.5, 0.6) is 0 Å². The lowest BCUT2D eigenvalue weighted by Crippen LogP contribution is -1.91. The number of furan rings is 2. The van der Waals surface area contributed by atoms with Crippen molar-refractivity contribution in [1.82, 2.24) is 0 Å². The fourth-order valence-electron chi connectivity index (χ4n) is 9.53. The Morgan fingerprint density at radius 1 is 0.281 bits per heavy atom. The second kappa shape index (κ2) is 11.7. The second-order valence-corrected chi connectivity index (χ2v) is 16.2. The maximum Gasteiger partial charge on any atom is 0.178 e. The van der Waals surface area contributed by atoms with Gasteiger partial charge < -0.3 is 8.83 Å². The summed E-state index contributed by atoms with van der Waals surface area (Å²) in [7, 11) is 0. The summed E-state index contributed by atoms with van der Waals surface area (Å²) in [5, 5.41) is 14.2. The average Bonchev–Trinajstić information content (AvgIpc) is 3.97. The van der Waals surface area contributed by atoms with Gasteiger partial charge in [-0.3, -0.25) is 0 Å². The molecule has 0 aliphatic rings. The molecule has 0 aliphatic carbocycles. The van der Waals surface area contributed by atoms with E-state index in [1.54, 1.807) is 0 Å². The van der Waals surface area contributed by atoms with E-state index in [1.807, 2.05) is 23.5 Å². The van der Waals surface area contributed by atoms with Crippen molar-refractivity contribution in [1.29, 1.82) is 0 Å². The number of benzene rings is 10. The zero-order valence-corrected chi connectivity index (χ0v) is 31.4. The van der Waals surface area contributed by atoms with E-state index in [0.717, 1.165) is 60.2 Å². The van der Waals surface area contributed by atoms with Crippen LogP contribution in [0.15, 0.2) is 191 Å². The summed E-state index contributed by atoms with van der Waals surface area (Å²) >= 11 is 1.87. The maximum atomic E-state index is 6.74. The zero-order valence-electron chi connectivity index (χ0n) is 30.5. The minimum absolute atomic E-state index is 0.794. The van der Waals surface area contributed by atoms with Gasteiger partial charge in [0.1, 0.15) is 11.2 Å². The lowest BCUT2D eigenvalue weighted by molar-refractivity contribution is 0.635. The monoisotopic (exact) mass is 742 g/mol. The van der Waals surface area contributed by atoms with E-state index in [1.165, 1.54) is 69.5 Å². The molecule has 2 nitrogen and oxygen atoms in total. The van der Waals surface area contributed by atoms with Gasteiger partial charge in [0, 0.05) is 47.1 Å². The van der Waals surface area contributed by atoms with Crippen LogP contribution in [0.4, 0.5) is 0 Å². The minimum atomic E-state index is 0.794. The Balaban J connectivity index is 0.997. The summed E-state index contributed by atoms with van der Waals surface area (Å²) in [6.45, 7) is 0. The highest BCUT2D eigenvalue weighted by Gasteiger charge is 2.21. The highest BCUT2D eigenvalue weighted by atomic mass is 32.1. The number of hydrogen-bond acceptors (Lipinski definition) is 3. The van der Waals surface area contributed by atoms with Gasteiger partial charge in [0.25, 0.3) is 0 Å². The number of thiophene rings is 1. The molecule has 3 heterocycles. The zero-order chi connectivity index (χ0) is 37.2. The minimum Gasteiger partial charge on any atom is -0.452 e. The molecular weight excluding hydrogens is 713 g/mol. The molecule has 0 radical (unpaired) electrons. The van der Waals surface area contributed by atoms with E-state index < -0.39 is 0 Å². The Bertz CT molecular complexity index is 3750. The normalized spacial score (nSPS) is 12.2. The van der Waals surface area contributed by atoms with Gasteiger partial charge in [-0.25, -0.2) is 0 Å². The smallest absolute Gasteiger partial charge is 0.178 e. The summed E-state index contributed by atoms with van der Waals surface area (Å²) in [6, 6.07) is 66.3. The van der Waals surface area contributed by atoms with E-state index in [-0.39, 0.29) is 0 Å². The number of para-hydroxylation sites is 1. The molecule has 0 atom stereocenters. The highest BCUT2D eigenvalue weighted by molar-refractivity contribution is 7.25. The first-order valence-electron chi connectivity index (χ1n) is 19.4. The molecule has 0 N–H and O–H groups in total. The molecule has 0 spiro atoms. The molecule has 0 fully saturated rings. The molecular formula is C54H30O2S. The molecule has 0 unspecified atom stereocenters. The molecule has 3 aromatic heterocycles. The number of rotatable bonds is 3. The van der Waals surface area contributed by atoms with Crippen molar-refractivity contribution in [3.05, 3.63) is 182 Å². The highest BCUT2D eigenvalue weighted by Crippen LogP contribution is 2.47. The standard InChI is InChI=1S/C54H30O2S/c1-6-18-41-34(11-1)44(30-46-43-27-26-42-35-12-7-9-19-47(35)55-53(42)54(43)56-52(41)46)31-21-23-32(24-22-31)50-37-14-2-4-16-39(37)51(40-17-5-3-15-38(40)50)33-25-28-49-45(29-33)36-13-8-10-20-48(36)57-49/h1-30H. The summed E-state index contributed by atoms with van der Waals surface area (Å²) in [6.07, 6.45) is 0. The van der Waals surface area contributed by atoms with Crippen molar-refractivity contribution in [2.24, 2.45) is 0 Å². The third-order valence-corrected chi connectivity index (χ3v) is 13.2. The lowest BCUT2D eigenvalue weighted by atomic mass is 9.85. The molecule has 0 saturated carbocycles. The van der Waals surface area contributed by atoms with Crippen molar-refractivity contribution >= 4 is 108 Å². The molecule has 264 valence electrons. The van der Waals surface area contributed by atoms with Gasteiger partial charge in [-0.15, -0.1) is 11.3 Å². The molecule has 13 rings (SSSR count). The van der Waals surface area contributed by atoms with Crippen LogP contribution >= 0.6 is 11.3 Å². The Labute approximate surface area is 330 Å². The molecule has 13 aromatic rings. The van der Waals surface area contributed by atoms with Crippen LogP contribution < -0.4 is 0 Å². The second-order valence-electron chi connectivity index (χ2n) is 15.1. The predicted octanol–water partition coefficient (Wildman–Crippen LogP) is 16.3. The third kappa shape index (κ3) is 4.40. The van der Waals surface area contributed by atoms with Gasteiger partial charge in [0.05, 0.1) is 0 Å². The van der Waals surface area contributed by atoms with Crippen LogP contribution in [-0.2, 0) is 0 Å². The van der Waals surface area contributed by atoms with Crippen LogP contribution in [-0.4, -0.2) is 0 Å². The SMILES string of the molecule is c1ccc2c(c1)oc1c2ccc2c3cc(-c4ccc(-c5c6ccccc6c(-c6ccc7sc8ccccc8c7c6)c6ccccc56)cc4)c4ccccc4c3oc21. The number of hydrogen-bond donors (Lipinski definition) is 0. The van der Waals surface area contributed by atoms with Gasteiger partial charge in [0.15, 0.2) is 11.2 Å². The lowest BCUT2D eigenvalue weighted by Gasteiger charge is -2.18. The summed E-state index contributed by atoms with van der Waals surface area (Å²) in [5.74, 6) is 0. The first-order chi connectivity index (χ1) is 28.3. The third-order valence-electron chi connectivity index (χ3n) is 12.1. The van der Waals surface area contributed by atoms with Crippen molar-refractivity contribution in [3.8, 4) is 33.4 Å². The molecule has 0 saturated heterocycles. The van der Waals surface area contributed by atoms with Gasteiger partial charge in [-0.2, -0.15) is 0 Å². The summed E-state index contributed by atoms with van der Waals surface area (Å²) in [4.78, 5) is 0. The molecule has 10 aromatic carbocycles. The quantitative estimate of drug-likeness (QED) is 0.169. The van der Waals surface area contributed by atoms with Gasteiger partial charge in [0.2, 0.25) is 0 Å². The fraction of sp³-hybridized carbons (Fsp3) is 0. The van der Waals surface area contributed by atoms with Crippen LogP contribution in [0.1, 0.15) is 0 Å². The van der Waals surface area contributed by atoms with Crippen LogP contribution in [0.25, 0.3) is 130 Å². The Hall–Kier alpha value is -7.20. The fourth-order valence-corrected chi connectivity index (χ4v) is 10.6. The Morgan fingerprint density at radius 2 is 0.772 bits per heavy atom. The topological polar surface area (TPSA) is 26.3 Å². The van der Waals surface area contributed by atoms with E-state index in [4.69, 9.17) is 8.83 Å². The first kappa shape index (κ1) is 31.1. The Morgan fingerprint density at radius 3 is 1.49 bits per heavy atom. The van der Waals surface area contributed by atoms with Gasteiger partial charge >= 0.3 is 0 Å². The van der Waals surface area contributed by atoms with E-state index in [9.17, 15) is 0 Å². The summed E-state index contributed by atoms with van der Waals surface area (Å²) in [5.41, 5.74) is 10.7. The van der Waals surface area contributed by atoms with Crippen LogP contribution in [0.3, 0.4) is 0 Å².